The fraction of sp³-hybridized carbons (Fsp3) is 0.172. The van der Waals surface area contributed by atoms with Crippen molar-refractivity contribution in [2.45, 2.75) is 24.9 Å². The van der Waals surface area contributed by atoms with Gasteiger partial charge in [0.1, 0.15) is 18.4 Å². The van der Waals surface area contributed by atoms with Gasteiger partial charge in [0.05, 0.1) is 17.1 Å². The van der Waals surface area contributed by atoms with E-state index in [1.165, 1.54) is 12.1 Å². The summed E-state index contributed by atoms with van der Waals surface area (Å²) in [6, 6.07) is 24.5. The number of carbonyl (C=O) groups is 2. The Morgan fingerprint density at radius 1 is 0.946 bits per heavy atom. The van der Waals surface area contributed by atoms with Gasteiger partial charge in [0.2, 0.25) is 5.91 Å². The van der Waals surface area contributed by atoms with Crippen LogP contribution in [0.1, 0.15) is 30.1 Å². The molecule has 0 radical (unpaired) electrons. The zero-order valence-electron chi connectivity index (χ0n) is 19.9. The van der Waals surface area contributed by atoms with Gasteiger partial charge in [-0.1, -0.05) is 46.3 Å². The molecule has 0 unspecified atom stereocenters. The average molecular weight is 559 g/mol. The highest BCUT2D eigenvalue weighted by atomic mass is 79.9. The lowest BCUT2D eigenvalue weighted by Gasteiger charge is -2.39. The van der Waals surface area contributed by atoms with Crippen molar-refractivity contribution in [3.63, 3.8) is 0 Å². The van der Waals surface area contributed by atoms with E-state index in [0.29, 0.717) is 5.69 Å². The molecule has 2 heterocycles. The third-order valence-corrected chi connectivity index (χ3v) is 7.30. The summed E-state index contributed by atoms with van der Waals surface area (Å²) in [7, 11) is 0. The first-order valence-corrected chi connectivity index (χ1v) is 13.0. The van der Waals surface area contributed by atoms with Crippen LogP contribution in [0, 0.1) is 5.82 Å². The largest absolute Gasteiger partial charge is 0.322 e. The second kappa shape index (κ2) is 9.52. The molecular formula is C29H24BrFN4O2. The van der Waals surface area contributed by atoms with Gasteiger partial charge in [0.15, 0.2) is 0 Å². The molecule has 4 aromatic rings. The molecule has 186 valence electrons. The standard InChI is InChI=1S/C29H24BrFN4O2/c30-20-5-3-6-22(17-20)32-29(37)34(23-14-15-23)18-27(36)35-25-8-2-1-7-24(25)33-16-4-9-26(33)28(35)19-10-12-21(31)13-11-19/h1-13,16-17,23,28H,14-15,18H2,(H,32,37)/t28-/m0/s1. The number of aromatic nitrogens is 1. The van der Waals surface area contributed by atoms with Crippen molar-refractivity contribution in [3.05, 3.63) is 113 Å². The molecular weight excluding hydrogens is 535 g/mol. The van der Waals surface area contributed by atoms with Crippen molar-refractivity contribution in [3.8, 4) is 5.69 Å². The Morgan fingerprint density at radius 2 is 1.70 bits per heavy atom. The number of para-hydroxylation sites is 2. The molecule has 0 saturated heterocycles. The van der Waals surface area contributed by atoms with Gasteiger partial charge in [-0.05, 0) is 73.0 Å². The molecule has 6 nitrogen and oxygen atoms in total. The fourth-order valence-electron chi connectivity index (χ4n) is 4.96. The summed E-state index contributed by atoms with van der Waals surface area (Å²) in [5.74, 6) is -0.539. The van der Waals surface area contributed by atoms with Crippen LogP contribution in [-0.4, -0.2) is 34.0 Å². The Morgan fingerprint density at radius 3 is 2.43 bits per heavy atom. The quantitative estimate of drug-likeness (QED) is 0.303. The zero-order chi connectivity index (χ0) is 25.5. The lowest BCUT2D eigenvalue weighted by molar-refractivity contribution is -0.119. The summed E-state index contributed by atoms with van der Waals surface area (Å²) in [4.78, 5) is 30.8. The van der Waals surface area contributed by atoms with Crippen LogP contribution in [0.25, 0.3) is 5.69 Å². The van der Waals surface area contributed by atoms with Crippen LogP contribution in [0.3, 0.4) is 0 Å². The molecule has 3 aromatic carbocycles. The highest BCUT2D eigenvalue weighted by molar-refractivity contribution is 9.10. The van der Waals surface area contributed by atoms with Gasteiger partial charge in [0.25, 0.3) is 0 Å². The minimum absolute atomic E-state index is 0.0178. The van der Waals surface area contributed by atoms with E-state index in [-0.39, 0.29) is 30.3 Å². The van der Waals surface area contributed by atoms with Gasteiger partial charge in [-0.25, -0.2) is 9.18 Å². The number of rotatable bonds is 5. The van der Waals surface area contributed by atoms with Crippen LogP contribution in [0.5, 0.6) is 0 Å². The Kier molecular flexibility index (Phi) is 6.04. The van der Waals surface area contributed by atoms with E-state index in [0.717, 1.165) is 39.9 Å². The molecule has 1 aromatic heterocycles. The molecule has 37 heavy (non-hydrogen) atoms. The molecule has 3 amide bonds. The van der Waals surface area contributed by atoms with Gasteiger partial charge in [-0.15, -0.1) is 0 Å². The summed E-state index contributed by atoms with van der Waals surface area (Å²) >= 11 is 3.43. The topological polar surface area (TPSA) is 57.6 Å². The van der Waals surface area contributed by atoms with Crippen molar-refractivity contribution in [2.75, 3.05) is 16.8 Å². The number of benzene rings is 3. The highest BCUT2D eigenvalue weighted by Crippen LogP contribution is 2.42. The average Bonchev–Trinajstić information content (AvgIpc) is 3.62. The molecule has 1 fully saturated rings. The summed E-state index contributed by atoms with van der Waals surface area (Å²) in [6.45, 7) is -0.0722. The molecule has 8 heteroatoms. The molecule has 0 bridgehead atoms. The predicted octanol–water partition coefficient (Wildman–Crippen LogP) is 6.51. The lowest BCUT2D eigenvalue weighted by atomic mass is 9.97. The number of nitrogens with one attached hydrogen (secondary N) is 1. The lowest BCUT2D eigenvalue weighted by Crippen LogP contribution is -2.48. The summed E-state index contributed by atoms with van der Waals surface area (Å²) in [5.41, 5.74) is 3.97. The molecule has 1 N–H and O–H groups in total. The van der Waals surface area contributed by atoms with Gasteiger partial charge >= 0.3 is 6.03 Å². The third kappa shape index (κ3) is 4.53. The first kappa shape index (κ1) is 23.5. The molecule has 1 atom stereocenters. The van der Waals surface area contributed by atoms with E-state index >= 15 is 0 Å². The summed E-state index contributed by atoms with van der Waals surface area (Å²) in [6.07, 6.45) is 3.69. The van der Waals surface area contributed by atoms with Gasteiger partial charge in [0, 0.05) is 22.4 Å². The van der Waals surface area contributed by atoms with E-state index in [2.05, 4.69) is 25.8 Å². The normalized spacial score (nSPS) is 16.1. The van der Waals surface area contributed by atoms with Crippen molar-refractivity contribution in [1.29, 1.82) is 0 Å². The molecule has 2 aliphatic rings. The zero-order valence-corrected chi connectivity index (χ0v) is 21.4. The second-order valence-corrected chi connectivity index (χ2v) is 10.2. The van der Waals surface area contributed by atoms with Gasteiger partial charge in [-0.2, -0.15) is 0 Å². The smallest absolute Gasteiger partial charge is 0.316 e. The van der Waals surface area contributed by atoms with Crippen molar-refractivity contribution < 1.29 is 14.0 Å². The maximum atomic E-state index is 14.1. The highest BCUT2D eigenvalue weighted by Gasteiger charge is 2.40. The Balaban J connectivity index is 1.36. The molecule has 1 saturated carbocycles. The monoisotopic (exact) mass is 558 g/mol. The van der Waals surface area contributed by atoms with Crippen LogP contribution in [0.15, 0.2) is 95.6 Å². The predicted molar refractivity (Wildman–Crippen MR) is 144 cm³/mol. The maximum absolute atomic E-state index is 14.1. The van der Waals surface area contributed by atoms with Gasteiger partial charge in [-0.3, -0.25) is 9.69 Å². The Bertz CT molecular complexity index is 1480. The van der Waals surface area contributed by atoms with E-state index in [9.17, 15) is 14.0 Å². The number of halogens is 2. The first-order valence-electron chi connectivity index (χ1n) is 12.2. The number of nitrogens with zero attached hydrogens (tertiary/aromatic N) is 3. The fourth-order valence-corrected chi connectivity index (χ4v) is 5.36. The Labute approximate surface area is 222 Å². The molecule has 1 aliphatic heterocycles. The van der Waals surface area contributed by atoms with Crippen molar-refractivity contribution in [1.82, 2.24) is 9.47 Å². The number of fused-ring (bicyclic) bond motifs is 3. The van der Waals surface area contributed by atoms with E-state index < -0.39 is 6.04 Å². The van der Waals surface area contributed by atoms with E-state index in [1.807, 2.05) is 66.9 Å². The number of urea groups is 1. The summed E-state index contributed by atoms with van der Waals surface area (Å²) in [5, 5.41) is 2.93. The van der Waals surface area contributed by atoms with E-state index in [4.69, 9.17) is 0 Å². The summed E-state index contributed by atoms with van der Waals surface area (Å²) < 4.78 is 16.7. The SMILES string of the molecule is O=C(Nc1cccc(Br)c1)N(CC(=O)N1c2ccccc2-n2cccc2[C@@H]1c1ccc(F)cc1)C1CC1. The minimum Gasteiger partial charge on any atom is -0.316 e. The van der Waals surface area contributed by atoms with Crippen LogP contribution in [0.4, 0.5) is 20.6 Å². The first-order chi connectivity index (χ1) is 18.0. The molecule has 1 aliphatic carbocycles. The van der Waals surface area contributed by atoms with Crippen LogP contribution in [-0.2, 0) is 4.79 Å². The third-order valence-electron chi connectivity index (χ3n) is 6.80. The number of anilines is 2. The number of hydrogen-bond acceptors (Lipinski definition) is 2. The Hall–Kier alpha value is -3.91. The molecule has 0 spiro atoms. The van der Waals surface area contributed by atoms with Crippen molar-refractivity contribution >= 4 is 39.2 Å². The van der Waals surface area contributed by atoms with E-state index in [1.54, 1.807) is 21.9 Å². The van der Waals surface area contributed by atoms with Crippen LogP contribution < -0.4 is 10.2 Å². The van der Waals surface area contributed by atoms with Crippen LogP contribution in [0.2, 0.25) is 0 Å². The molecule has 6 rings (SSSR count). The maximum Gasteiger partial charge on any atom is 0.322 e. The van der Waals surface area contributed by atoms with Gasteiger partial charge < -0.3 is 14.8 Å². The number of carbonyl (C=O) groups excluding carboxylic acids is 2. The van der Waals surface area contributed by atoms with Crippen LogP contribution >= 0.6 is 15.9 Å². The van der Waals surface area contributed by atoms with Crippen molar-refractivity contribution in [2.24, 2.45) is 0 Å². The minimum atomic E-state index is -0.466. The number of amides is 3. The second-order valence-electron chi connectivity index (χ2n) is 9.31. The number of hydrogen-bond donors (Lipinski definition) is 1.